The van der Waals surface area contributed by atoms with Crippen LogP contribution in [0.15, 0.2) is 33.5 Å². The van der Waals surface area contributed by atoms with Crippen molar-refractivity contribution in [3.8, 4) is 45.8 Å². The molecule has 0 aliphatic rings. The molecule has 0 saturated heterocycles. The minimum atomic E-state index is -0.836. The third kappa shape index (κ3) is 2.44. The van der Waals surface area contributed by atoms with Crippen LogP contribution in [0.1, 0.15) is 0 Å². The first-order chi connectivity index (χ1) is 11.9. The molecule has 8 heteroatoms. The average molecular weight is 346 g/mol. The van der Waals surface area contributed by atoms with Crippen molar-refractivity contribution in [1.29, 1.82) is 0 Å². The number of phenolic OH excluding ortho intramolecular Hbond substituents is 4. The summed E-state index contributed by atoms with van der Waals surface area (Å²) in [6.45, 7) is 0. The Morgan fingerprint density at radius 2 is 1.64 bits per heavy atom. The lowest BCUT2D eigenvalue weighted by Crippen LogP contribution is -2.08. The standard InChI is InChI=1S/C17H14O8/c1-23-10-4-3-7(5-8(10)18)16-17(24-2)15(22)12-11(25-16)6-9(19)13(20)14(12)21/h3-6,18-21H,1-2H3. The second-order valence-electron chi connectivity index (χ2n) is 5.15. The van der Waals surface area contributed by atoms with Gasteiger partial charge in [0.05, 0.1) is 14.2 Å². The summed E-state index contributed by atoms with van der Waals surface area (Å²) in [5.74, 6) is -2.52. The third-order valence-corrected chi connectivity index (χ3v) is 3.71. The lowest BCUT2D eigenvalue weighted by atomic mass is 10.1. The molecule has 0 aliphatic carbocycles. The van der Waals surface area contributed by atoms with Gasteiger partial charge in [0.15, 0.2) is 28.8 Å². The van der Waals surface area contributed by atoms with Crippen LogP contribution >= 0.6 is 0 Å². The van der Waals surface area contributed by atoms with Crippen molar-refractivity contribution >= 4 is 11.0 Å². The molecule has 3 aromatic rings. The van der Waals surface area contributed by atoms with Gasteiger partial charge in [-0.05, 0) is 18.2 Å². The van der Waals surface area contributed by atoms with Crippen molar-refractivity contribution in [3.05, 3.63) is 34.5 Å². The summed E-state index contributed by atoms with van der Waals surface area (Å²) in [7, 11) is 2.63. The van der Waals surface area contributed by atoms with Crippen molar-refractivity contribution in [2.24, 2.45) is 0 Å². The second-order valence-corrected chi connectivity index (χ2v) is 5.15. The van der Waals surface area contributed by atoms with E-state index >= 15 is 0 Å². The first kappa shape index (κ1) is 16.3. The Labute approximate surface area is 140 Å². The van der Waals surface area contributed by atoms with Gasteiger partial charge in [-0.25, -0.2) is 0 Å². The molecule has 2 aromatic carbocycles. The third-order valence-electron chi connectivity index (χ3n) is 3.71. The number of benzene rings is 2. The van der Waals surface area contributed by atoms with E-state index < -0.39 is 22.7 Å². The molecule has 0 unspecified atom stereocenters. The zero-order valence-corrected chi connectivity index (χ0v) is 13.2. The van der Waals surface area contributed by atoms with Crippen LogP contribution in [-0.2, 0) is 0 Å². The summed E-state index contributed by atoms with van der Waals surface area (Å²) >= 11 is 0. The Morgan fingerprint density at radius 3 is 2.24 bits per heavy atom. The molecule has 0 fully saturated rings. The van der Waals surface area contributed by atoms with Gasteiger partial charge in [-0.1, -0.05) is 0 Å². The summed E-state index contributed by atoms with van der Waals surface area (Å²) in [4.78, 5) is 12.6. The van der Waals surface area contributed by atoms with E-state index in [2.05, 4.69) is 0 Å². The predicted molar refractivity (Wildman–Crippen MR) is 87.7 cm³/mol. The van der Waals surface area contributed by atoms with Crippen LogP contribution < -0.4 is 14.9 Å². The van der Waals surface area contributed by atoms with Crippen LogP contribution in [0.4, 0.5) is 0 Å². The highest BCUT2D eigenvalue weighted by Crippen LogP contribution is 2.43. The predicted octanol–water partition coefficient (Wildman–Crippen LogP) is 2.30. The Kier molecular flexibility index (Phi) is 3.80. The molecule has 0 bridgehead atoms. The highest BCUT2D eigenvalue weighted by molar-refractivity contribution is 5.91. The van der Waals surface area contributed by atoms with Crippen LogP contribution in [0.25, 0.3) is 22.3 Å². The van der Waals surface area contributed by atoms with Crippen molar-refractivity contribution in [3.63, 3.8) is 0 Å². The molecule has 0 spiro atoms. The Balaban J connectivity index is 2.38. The van der Waals surface area contributed by atoms with Crippen molar-refractivity contribution in [2.75, 3.05) is 14.2 Å². The Bertz CT molecular complexity index is 1040. The fraction of sp³-hybridized carbons (Fsp3) is 0.118. The molecule has 3 rings (SSSR count). The summed E-state index contributed by atoms with van der Waals surface area (Å²) < 4.78 is 15.6. The minimum absolute atomic E-state index is 0.0255. The highest BCUT2D eigenvalue weighted by Gasteiger charge is 2.23. The van der Waals surface area contributed by atoms with Gasteiger partial charge in [-0.2, -0.15) is 0 Å². The maximum Gasteiger partial charge on any atom is 0.239 e. The molecule has 0 radical (unpaired) electrons. The number of aromatic hydroxyl groups is 4. The van der Waals surface area contributed by atoms with E-state index in [9.17, 15) is 25.2 Å². The van der Waals surface area contributed by atoms with Gasteiger partial charge < -0.3 is 34.3 Å². The first-order valence-corrected chi connectivity index (χ1v) is 7.05. The van der Waals surface area contributed by atoms with Gasteiger partial charge in [0.1, 0.15) is 11.0 Å². The van der Waals surface area contributed by atoms with E-state index in [0.29, 0.717) is 5.56 Å². The van der Waals surface area contributed by atoms with Gasteiger partial charge in [-0.3, -0.25) is 4.79 Å². The molecule has 1 heterocycles. The fourth-order valence-electron chi connectivity index (χ4n) is 2.50. The van der Waals surface area contributed by atoms with Crippen molar-refractivity contribution < 1.29 is 34.3 Å². The van der Waals surface area contributed by atoms with E-state index in [1.165, 1.54) is 32.4 Å². The number of fused-ring (bicyclic) bond motifs is 1. The second kappa shape index (κ2) is 5.82. The molecule has 0 amide bonds. The van der Waals surface area contributed by atoms with Crippen LogP contribution in [0.3, 0.4) is 0 Å². The largest absolute Gasteiger partial charge is 0.504 e. The smallest absolute Gasteiger partial charge is 0.239 e. The number of hydrogen-bond donors (Lipinski definition) is 4. The molecule has 0 saturated carbocycles. The number of phenols is 4. The van der Waals surface area contributed by atoms with Crippen molar-refractivity contribution in [1.82, 2.24) is 0 Å². The molecular formula is C17H14O8. The maximum atomic E-state index is 12.6. The molecule has 1 aromatic heterocycles. The summed E-state index contributed by atoms with van der Waals surface area (Å²) in [6, 6.07) is 5.31. The Morgan fingerprint density at radius 1 is 0.920 bits per heavy atom. The lowest BCUT2D eigenvalue weighted by molar-refractivity contribution is 0.367. The molecule has 0 atom stereocenters. The summed E-state index contributed by atoms with van der Waals surface area (Å²) in [6.07, 6.45) is 0. The van der Waals surface area contributed by atoms with Gasteiger partial charge in [0, 0.05) is 11.6 Å². The van der Waals surface area contributed by atoms with E-state index in [0.717, 1.165) is 6.07 Å². The summed E-state index contributed by atoms with van der Waals surface area (Å²) in [5, 5.41) is 38.8. The van der Waals surface area contributed by atoms with E-state index in [1.54, 1.807) is 0 Å². The van der Waals surface area contributed by atoms with Crippen LogP contribution in [0.5, 0.6) is 34.5 Å². The van der Waals surface area contributed by atoms with Crippen molar-refractivity contribution in [2.45, 2.75) is 0 Å². The molecule has 8 nitrogen and oxygen atoms in total. The topological polar surface area (TPSA) is 130 Å². The van der Waals surface area contributed by atoms with Gasteiger partial charge in [0.25, 0.3) is 0 Å². The lowest BCUT2D eigenvalue weighted by Gasteiger charge is -2.12. The minimum Gasteiger partial charge on any atom is -0.504 e. The SMILES string of the molecule is COc1ccc(-c2oc3cc(O)c(O)c(O)c3c(=O)c2OC)cc1O. The molecular weight excluding hydrogens is 332 g/mol. The highest BCUT2D eigenvalue weighted by atomic mass is 16.5. The normalized spacial score (nSPS) is 10.8. The van der Waals surface area contributed by atoms with Crippen LogP contribution in [0.2, 0.25) is 0 Å². The Hall–Kier alpha value is -3.55. The summed E-state index contributed by atoms with van der Waals surface area (Å²) in [5.41, 5.74) is -0.605. The molecule has 25 heavy (non-hydrogen) atoms. The quantitative estimate of drug-likeness (QED) is 0.532. The fourth-order valence-corrected chi connectivity index (χ4v) is 2.50. The van der Waals surface area contributed by atoms with E-state index in [-0.39, 0.29) is 34.0 Å². The number of hydrogen-bond acceptors (Lipinski definition) is 8. The average Bonchev–Trinajstić information content (AvgIpc) is 2.59. The molecule has 0 aliphatic heterocycles. The molecule has 4 N–H and O–H groups in total. The number of rotatable bonds is 3. The van der Waals surface area contributed by atoms with Gasteiger partial charge in [-0.15, -0.1) is 0 Å². The van der Waals surface area contributed by atoms with Gasteiger partial charge in [0.2, 0.25) is 16.9 Å². The zero-order valence-electron chi connectivity index (χ0n) is 13.2. The first-order valence-electron chi connectivity index (χ1n) is 7.05. The molecule has 130 valence electrons. The van der Waals surface area contributed by atoms with E-state index in [4.69, 9.17) is 13.9 Å². The number of ether oxygens (including phenoxy) is 2. The van der Waals surface area contributed by atoms with Crippen LogP contribution in [-0.4, -0.2) is 34.6 Å². The zero-order chi connectivity index (χ0) is 18.3. The van der Waals surface area contributed by atoms with Crippen LogP contribution in [0, 0.1) is 0 Å². The monoisotopic (exact) mass is 346 g/mol. The van der Waals surface area contributed by atoms with Gasteiger partial charge >= 0.3 is 0 Å². The van der Waals surface area contributed by atoms with E-state index in [1.807, 2.05) is 0 Å². The maximum absolute atomic E-state index is 12.6. The number of methoxy groups -OCH3 is 2.